The van der Waals surface area contributed by atoms with Crippen molar-refractivity contribution in [3.8, 4) is 11.8 Å². The summed E-state index contributed by atoms with van der Waals surface area (Å²) in [5, 5.41) is 0. The van der Waals surface area contributed by atoms with Crippen LogP contribution in [0.1, 0.15) is 31.4 Å². The van der Waals surface area contributed by atoms with Crippen LogP contribution in [0.15, 0.2) is 18.2 Å². The van der Waals surface area contributed by atoms with Crippen molar-refractivity contribution in [2.24, 2.45) is 5.73 Å². The molecule has 0 aliphatic carbocycles. The fourth-order valence-electron chi connectivity index (χ4n) is 1.36. The molecule has 0 saturated heterocycles. The summed E-state index contributed by atoms with van der Waals surface area (Å²) < 4.78 is 26.5. The zero-order valence-electron chi connectivity index (χ0n) is 8.56. The van der Waals surface area contributed by atoms with Crippen LogP contribution >= 0.6 is 0 Å². The highest BCUT2D eigenvalue weighted by Gasteiger charge is 2.15. The standard InChI is InChI=1S/C12H13F2N/c1-2-3-4-8-11(15)12-9(13)6-5-7-10(12)14/h5-7,11H,4,8,15H2,1H3. The predicted molar refractivity (Wildman–Crippen MR) is 56.0 cm³/mol. The molecule has 1 aromatic carbocycles. The minimum absolute atomic E-state index is 0.0459. The van der Waals surface area contributed by atoms with Crippen LogP contribution in [0, 0.1) is 23.5 Å². The first-order chi connectivity index (χ1) is 7.16. The second kappa shape index (κ2) is 5.47. The van der Waals surface area contributed by atoms with Gasteiger partial charge in [0, 0.05) is 18.0 Å². The number of halogens is 2. The van der Waals surface area contributed by atoms with Crippen LogP contribution in [-0.2, 0) is 0 Å². The van der Waals surface area contributed by atoms with Gasteiger partial charge < -0.3 is 5.73 Å². The molecule has 1 nitrogen and oxygen atoms in total. The Morgan fingerprint density at radius 1 is 1.33 bits per heavy atom. The molecule has 0 heterocycles. The van der Waals surface area contributed by atoms with Gasteiger partial charge in [-0.3, -0.25) is 0 Å². The monoisotopic (exact) mass is 209 g/mol. The molecule has 0 fully saturated rings. The summed E-state index contributed by atoms with van der Waals surface area (Å²) in [5.41, 5.74) is 5.64. The Balaban J connectivity index is 2.79. The third-order valence-electron chi connectivity index (χ3n) is 2.13. The lowest BCUT2D eigenvalue weighted by atomic mass is 10.0. The first-order valence-corrected chi connectivity index (χ1v) is 4.76. The van der Waals surface area contributed by atoms with E-state index in [2.05, 4.69) is 11.8 Å². The molecule has 0 amide bonds. The number of hydrogen-bond donors (Lipinski definition) is 1. The van der Waals surface area contributed by atoms with E-state index >= 15 is 0 Å². The Bertz CT molecular complexity index is 370. The second-order valence-corrected chi connectivity index (χ2v) is 3.21. The van der Waals surface area contributed by atoms with Crippen LogP contribution in [0.2, 0.25) is 0 Å². The molecule has 1 rings (SSSR count). The third-order valence-corrected chi connectivity index (χ3v) is 2.13. The molecule has 15 heavy (non-hydrogen) atoms. The van der Waals surface area contributed by atoms with E-state index in [1.807, 2.05) is 0 Å². The van der Waals surface area contributed by atoms with Crippen molar-refractivity contribution in [2.75, 3.05) is 0 Å². The summed E-state index contributed by atoms with van der Waals surface area (Å²) in [4.78, 5) is 0. The van der Waals surface area contributed by atoms with Gasteiger partial charge in [-0.25, -0.2) is 8.78 Å². The largest absolute Gasteiger partial charge is 0.324 e. The van der Waals surface area contributed by atoms with E-state index in [-0.39, 0.29) is 5.56 Å². The van der Waals surface area contributed by atoms with Gasteiger partial charge in [0.1, 0.15) is 11.6 Å². The maximum Gasteiger partial charge on any atom is 0.130 e. The Labute approximate surface area is 88.3 Å². The quantitative estimate of drug-likeness (QED) is 0.761. The highest BCUT2D eigenvalue weighted by Crippen LogP contribution is 2.21. The molecule has 0 aromatic heterocycles. The van der Waals surface area contributed by atoms with Crippen molar-refractivity contribution in [1.82, 2.24) is 0 Å². The lowest BCUT2D eigenvalue weighted by Crippen LogP contribution is -2.13. The van der Waals surface area contributed by atoms with Crippen molar-refractivity contribution < 1.29 is 8.78 Å². The van der Waals surface area contributed by atoms with E-state index in [0.29, 0.717) is 12.8 Å². The van der Waals surface area contributed by atoms with E-state index in [4.69, 9.17) is 5.73 Å². The van der Waals surface area contributed by atoms with E-state index in [1.54, 1.807) is 6.92 Å². The molecular weight excluding hydrogens is 196 g/mol. The lowest BCUT2D eigenvalue weighted by molar-refractivity contribution is 0.515. The zero-order valence-corrected chi connectivity index (χ0v) is 8.56. The maximum atomic E-state index is 13.3. The summed E-state index contributed by atoms with van der Waals surface area (Å²) in [6.45, 7) is 1.72. The van der Waals surface area contributed by atoms with Crippen LogP contribution in [0.4, 0.5) is 8.78 Å². The van der Waals surface area contributed by atoms with Gasteiger partial charge in [-0.2, -0.15) is 0 Å². The van der Waals surface area contributed by atoms with Crippen LogP contribution < -0.4 is 5.73 Å². The molecule has 1 atom stereocenters. The molecule has 0 spiro atoms. The SMILES string of the molecule is CC#CCCC(N)c1c(F)cccc1F. The average Bonchev–Trinajstić information content (AvgIpc) is 2.18. The topological polar surface area (TPSA) is 26.0 Å². The number of hydrogen-bond acceptors (Lipinski definition) is 1. The van der Waals surface area contributed by atoms with E-state index in [9.17, 15) is 8.78 Å². The van der Waals surface area contributed by atoms with Gasteiger partial charge in [-0.1, -0.05) is 6.07 Å². The molecule has 0 radical (unpaired) electrons. The van der Waals surface area contributed by atoms with Gasteiger partial charge in [0.05, 0.1) is 0 Å². The Hall–Kier alpha value is -1.40. The first kappa shape index (κ1) is 11.7. The molecule has 1 unspecified atom stereocenters. The summed E-state index contributed by atoms with van der Waals surface area (Å²) in [6, 6.07) is 3.12. The highest BCUT2D eigenvalue weighted by atomic mass is 19.1. The zero-order chi connectivity index (χ0) is 11.3. The molecule has 1 aromatic rings. The Morgan fingerprint density at radius 2 is 1.93 bits per heavy atom. The van der Waals surface area contributed by atoms with Crippen molar-refractivity contribution in [1.29, 1.82) is 0 Å². The molecular formula is C12H13F2N. The summed E-state index contributed by atoms with van der Waals surface area (Å²) >= 11 is 0. The Morgan fingerprint density at radius 3 is 2.47 bits per heavy atom. The fourth-order valence-corrected chi connectivity index (χ4v) is 1.36. The smallest absolute Gasteiger partial charge is 0.130 e. The first-order valence-electron chi connectivity index (χ1n) is 4.76. The molecule has 0 bridgehead atoms. The van der Waals surface area contributed by atoms with E-state index in [1.165, 1.54) is 18.2 Å². The molecule has 0 aliphatic heterocycles. The predicted octanol–water partition coefficient (Wildman–Crippen LogP) is 2.77. The van der Waals surface area contributed by atoms with Gasteiger partial charge in [-0.15, -0.1) is 11.8 Å². The summed E-state index contributed by atoms with van der Waals surface area (Å²) in [7, 11) is 0. The summed E-state index contributed by atoms with van der Waals surface area (Å²) in [6.07, 6.45) is 1.00. The molecule has 2 N–H and O–H groups in total. The van der Waals surface area contributed by atoms with E-state index in [0.717, 1.165) is 0 Å². The van der Waals surface area contributed by atoms with Gasteiger partial charge in [-0.05, 0) is 25.5 Å². The minimum Gasteiger partial charge on any atom is -0.324 e. The molecule has 0 aliphatic rings. The van der Waals surface area contributed by atoms with Gasteiger partial charge in [0.2, 0.25) is 0 Å². The highest BCUT2D eigenvalue weighted by molar-refractivity contribution is 5.23. The van der Waals surface area contributed by atoms with Gasteiger partial charge in [0.25, 0.3) is 0 Å². The minimum atomic E-state index is -0.632. The molecule has 3 heteroatoms. The summed E-state index contributed by atoms with van der Waals surface area (Å²) in [5.74, 6) is 4.34. The third kappa shape index (κ3) is 3.03. The Kier molecular flexibility index (Phi) is 4.26. The lowest BCUT2D eigenvalue weighted by Gasteiger charge is -2.12. The van der Waals surface area contributed by atoms with Gasteiger partial charge >= 0.3 is 0 Å². The van der Waals surface area contributed by atoms with Crippen LogP contribution in [-0.4, -0.2) is 0 Å². The van der Waals surface area contributed by atoms with Crippen molar-refractivity contribution in [3.05, 3.63) is 35.4 Å². The van der Waals surface area contributed by atoms with Crippen molar-refractivity contribution in [3.63, 3.8) is 0 Å². The normalized spacial score (nSPS) is 11.7. The number of nitrogens with two attached hydrogens (primary N) is 1. The number of benzene rings is 1. The average molecular weight is 209 g/mol. The fraction of sp³-hybridized carbons (Fsp3) is 0.333. The molecule has 0 saturated carbocycles. The van der Waals surface area contributed by atoms with Crippen LogP contribution in [0.25, 0.3) is 0 Å². The van der Waals surface area contributed by atoms with Crippen LogP contribution in [0.3, 0.4) is 0 Å². The van der Waals surface area contributed by atoms with E-state index < -0.39 is 17.7 Å². The van der Waals surface area contributed by atoms with Crippen molar-refractivity contribution >= 4 is 0 Å². The van der Waals surface area contributed by atoms with Crippen molar-refractivity contribution in [2.45, 2.75) is 25.8 Å². The maximum absolute atomic E-state index is 13.3. The van der Waals surface area contributed by atoms with Crippen LogP contribution in [0.5, 0.6) is 0 Å². The number of rotatable bonds is 3. The second-order valence-electron chi connectivity index (χ2n) is 3.21. The molecule has 80 valence electrons. The van der Waals surface area contributed by atoms with Gasteiger partial charge in [0.15, 0.2) is 0 Å².